The molecule has 0 heterocycles. The van der Waals surface area contributed by atoms with Crippen LogP contribution < -0.4 is 9.50 Å². The summed E-state index contributed by atoms with van der Waals surface area (Å²) in [6.45, 7) is 3.97. The smallest absolute Gasteiger partial charge is 0.379 e. The third-order valence-electron chi connectivity index (χ3n) is 5.41. The Bertz CT molecular complexity index is 1330. The Labute approximate surface area is 216 Å². The van der Waals surface area contributed by atoms with Gasteiger partial charge in [0.25, 0.3) is 0 Å². The van der Waals surface area contributed by atoms with Crippen molar-refractivity contribution < 1.29 is 30.6 Å². The second kappa shape index (κ2) is 11.3. The molecule has 0 saturated heterocycles. The number of benzene rings is 3. The first-order valence-corrected chi connectivity index (χ1v) is 13.1. The highest BCUT2D eigenvalue weighted by Crippen LogP contribution is 2.31. The van der Waals surface area contributed by atoms with Gasteiger partial charge in [0.1, 0.15) is 10.6 Å². The summed E-state index contributed by atoms with van der Waals surface area (Å²) < 4.78 is 70.1. The molecule has 11 heteroatoms. The molecule has 0 spiro atoms. The molecular formula is C25H24BrF3N2O4S. The van der Waals surface area contributed by atoms with Gasteiger partial charge in [0.2, 0.25) is 0 Å². The number of amides is 2. The first-order chi connectivity index (χ1) is 16.9. The number of hydrogen-bond acceptors (Lipinski definition) is 4. The second-order valence-electron chi connectivity index (χ2n) is 8.01. The monoisotopic (exact) mass is 584 g/mol. The van der Waals surface area contributed by atoms with Gasteiger partial charge >= 0.3 is 22.3 Å². The number of urea groups is 1. The number of carbonyl (C=O) groups is 1. The number of hydrogen-bond donors (Lipinski definition) is 1. The van der Waals surface area contributed by atoms with Crippen LogP contribution in [0.5, 0.6) is 5.75 Å². The first-order valence-electron chi connectivity index (χ1n) is 10.9. The molecule has 0 bridgehead atoms. The number of halogens is 4. The summed E-state index contributed by atoms with van der Waals surface area (Å²) in [5.74, 6) is -0.0831. The Morgan fingerprint density at radius 2 is 1.75 bits per heavy atom. The first kappa shape index (κ1) is 27.5. The highest BCUT2D eigenvalue weighted by Gasteiger charge is 2.32. The fraction of sp³-hybridized carbons (Fsp3) is 0.240. The van der Waals surface area contributed by atoms with Crippen molar-refractivity contribution in [2.75, 3.05) is 5.32 Å². The van der Waals surface area contributed by atoms with Crippen LogP contribution in [0.2, 0.25) is 0 Å². The van der Waals surface area contributed by atoms with Gasteiger partial charge in [0, 0.05) is 17.1 Å². The van der Waals surface area contributed by atoms with E-state index in [1.54, 1.807) is 35.2 Å². The third-order valence-corrected chi connectivity index (χ3v) is 7.34. The highest BCUT2D eigenvalue weighted by atomic mass is 79.9. The van der Waals surface area contributed by atoms with Gasteiger partial charge in [-0.2, -0.15) is 21.6 Å². The predicted octanol–water partition coefficient (Wildman–Crippen LogP) is 7.07. The molecule has 1 N–H and O–H groups in total. The Hall–Kier alpha value is -3.05. The lowest BCUT2D eigenvalue weighted by Gasteiger charge is -2.29. The molecule has 3 rings (SSSR count). The number of alkyl halides is 3. The Kier molecular flexibility index (Phi) is 8.67. The molecule has 3 aromatic rings. The van der Waals surface area contributed by atoms with Crippen LogP contribution in [0.25, 0.3) is 0 Å². The number of nitrogens with one attached hydrogen (secondary N) is 1. The Balaban J connectivity index is 1.81. The summed E-state index contributed by atoms with van der Waals surface area (Å²) in [5, 5.41) is 2.86. The number of nitrogens with zero attached hydrogens (tertiary/aromatic N) is 1. The van der Waals surface area contributed by atoms with Gasteiger partial charge < -0.3 is 14.4 Å². The van der Waals surface area contributed by atoms with Crippen molar-refractivity contribution in [3.63, 3.8) is 0 Å². The SMILES string of the molecule is CCC(C)N(Cc1cccc(OS(=O)(=O)c2cccc(C(F)(F)F)c2)c1)C(=O)Nc1ccccc1Br. The van der Waals surface area contributed by atoms with Crippen molar-refractivity contribution in [3.8, 4) is 5.75 Å². The fourth-order valence-corrected chi connectivity index (χ4v) is 4.65. The van der Waals surface area contributed by atoms with E-state index in [-0.39, 0.29) is 24.4 Å². The predicted molar refractivity (Wildman–Crippen MR) is 134 cm³/mol. The second-order valence-corrected chi connectivity index (χ2v) is 10.4. The lowest BCUT2D eigenvalue weighted by Crippen LogP contribution is -2.40. The Morgan fingerprint density at radius 3 is 2.42 bits per heavy atom. The zero-order valence-electron chi connectivity index (χ0n) is 19.4. The van der Waals surface area contributed by atoms with Crippen LogP contribution in [0, 0.1) is 0 Å². The lowest BCUT2D eigenvalue weighted by molar-refractivity contribution is -0.137. The van der Waals surface area contributed by atoms with Gasteiger partial charge in [-0.3, -0.25) is 0 Å². The molecule has 0 radical (unpaired) electrons. The van der Waals surface area contributed by atoms with Crippen molar-refractivity contribution in [2.24, 2.45) is 0 Å². The van der Waals surface area contributed by atoms with Crippen LogP contribution in [0.4, 0.5) is 23.7 Å². The summed E-state index contributed by atoms with van der Waals surface area (Å²) >= 11 is 3.40. The summed E-state index contributed by atoms with van der Waals surface area (Å²) in [5.41, 5.74) is 0.0792. The normalized spacial score (nSPS) is 12.6. The fourth-order valence-electron chi connectivity index (χ4n) is 3.29. The van der Waals surface area contributed by atoms with E-state index in [0.717, 1.165) is 22.7 Å². The quantitative estimate of drug-likeness (QED) is 0.287. The van der Waals surface area contributed by atoms with Crippen molar-refractivity contribution >= 4 is 37.8 Å². The van der Waals surface area contributed by atoms with E-state index in [0.29, 0.717) is 23.7 Å². The van der Waals surface area contributed by atoms with Gasteiger partial charge in [-0.1, -0.05) is 37.3 Å². The van der Waals surface area contributed by atoms with E-state index in [2.05, 4.69) is 21.2 Å². The average Bonchev–Trinajstić information content (AvgIpc) is 2.83. The molecule has 2 amide bonds. The highest BCUT2D eigenvalue weighted by molar-refractivity contribution is 9.10. The largest absolute Gasteiger partial charge is 0.416 e. The van der Waals surface area contributed by atoms with Gasteiger partial charge in [0.05, 0.1) is 11.3 Å². The van der Waals surface area contributed by atoms with E-state index in [1.165, 1.54) is 12.1 Å². The summed E-state index contributed by atoms with van der Waals surface area (Å²) in [7, 11) is -4.52. The van der Waals surface area contributed by atoms with E-state index in [9.17, 15) is 26.4 Å². The third kappa shape index (κ3) is 7.01. The molecule has 0 aliphatic rings. The maximum Gasteiger partial charge on any atom is 0.416 e. The lowest BCUT2D eigenvalue weighted by atomic mass is 10.1. The Morgan fingerprint density at radius 1 is 1.06 bits per heavy atom. The standard InChI is InChI=1S/C25H24BrF3N2O4S/c1-3-17(2)31(24(32)30-23-13-5-4-12-22(23)26)16-18-8-6-10-20(14-18)35-36(33,34)21-11-7-9-19(15-21)25(27,28)29/h4-15,17H,3,16H2,1-2H3,(H,30,32). The van der Waals surface area contributed by atoms with E-state index < -0.39 is 26.8 Å². The van der Waals surface area contributed by atoms with Gasteiger partial charge in [-0.15, -0.1) is 0 Å². The minimum atomic E-state index is -4.69. The maximum absolute atomic E-state index is 13.1. The van der Waals surface area contributed by atoms with Crippen molar-refractivity contribution in [1.29, 1.82) is 0 Å². The molecule has 6 nitrogen and oxygen atoms in total. The summed E-state index contributed by atoms with van der Waals surface area (Å²) in [6.07, 6.45) is -4.02. The molecule has 192 valence electrons. The van der Waals surface area contributed by atoms with Gasteiger partial charge in [-0.25, -0.2) is 4.79 Å². The molecule has 1 unspecified atom stereocenters. The van der Waals surface area contributed by atoms with Crippen LogP contribution >= 0.6 is 15.9 Å². The average molecular weight is 585 g/mol. The maximum atomic E-state index is 13.1. The molecular weight excluding hydrogens is 561 g/mol. The van der Waals surface area contributed by atoms with Gasteiger partial charge in [-0.05, 0) is 77.3 Å². The van der Waals surface area contributed by atoms with Crippen molar-refractivity contribution in [1.82, 2.24) is 4.90 Å². The molecule has 1 atom stereocenters. The minimum absolute atomic E-state index is 0.0831. The van der Waals surface area contributed by atoms with Crippen molar-refractivity contribution in [3.05, 3.63) is 88.4 Å². The molecule has 0 saturated carbocycles. The summed E-state index contributed by atoms with van der Waals surface area (Å²) in [6, 6.07) is 16.1. The van der Waals surface area contributed by atoms with E-state index in [4.69, 9.17) is 4.18 Å². The van der Waals surface area contributed by atoms with E-state index in [1.807, 2.05) is 19.9 Å². The number of carbonyl (C=O) groups excluding carboxylic acids is 1. The van der Waals surface area contributed by atoms with Gasteiger partial charge in [0.15, 0.2) is 0 Å². The van der Waals surface area contributed by atoms with Crippen LogP contribution in [0.3, 0.4) is 0 Å². The topological polar surface area (TPSA) is 75.7 Å². The van der Waals surface area contributed by atoms with Crippen LogP contribution in [0.1, 0.15) is 31.4 Å². The number of rotatable bonds is 8. The van der Waals surface area contributed by atoms with Crippen LogP contribution in [-0.4, -0.2) is 25.4 Å². The minimum Gasteiger partial charge on any atom is -0.379 e. The molecule has 3 aromatic carbocycles. The van der Waals surface area contributed by atoms with Crippen molar-refractivity contribution in [2.45, 2.75) is 43.9 Å². The molecule has 0 aliphatic heterocycles. The zero-order valence-corrected chi connectivity index (χ0v) is 21.8. The number of para-hydroxylation sites is 1. The molecule has 0 aliphatic carbocycles. The van der Waals surface area contributed by atoms with Crippen LogP contribution in [0.15, 0.2) is 82.2 Å². The summed E-state index contributed by atoms with van der Waals surface area (Å²) in [4.78, 5) is 14.0. The van der Waals surface area contributed by atoms with Crippen LogP contribution in [-0.2, 0) is 22.8 Å². The molecule has 36 heavy (non-hydrogen) atoms. The zero-order chi connectivity index (χ0) is 26.5. The number of anilines is 1. The van der Waals surface area contributed by atoms with E-state index >= 15 is 0 Å². The molecule has 0 fully saturated rings. The molecule has 0 aromatic heterocycles.